The number of carbonyl (C=O) groups excluding carboxylic acids is 1. The van der Waals surface area contributed by atoms with Crippen LogP contribution in [0, 0.1) is 5.92 Å². The fourth-order valence-corrected chi connectivity index (χ4v) is 12.1. The van der Waals surface area contributed by atoms with Crippen molar-refractivity contribution in [3.63, 3.8) is 0 Å². The van der Waals surface area contributed by atoms with Gasteiger partial charge in [0, 0.05) is 101 Å². The first-order valence-electron chi connectivity index (χ1n) is 27.3. The molecule has 0 radical (unpaired) electrons. The van der Waals surface area contributed by atoms with Crippen molar-refractivity contribution in [2.45, 2.75) is 152 Å². The lowest BCUT2D eigenvalue weighted by Crippen LogP contribution is -2.70. The first-order valence-corrected chi connectivity index (χ1v) is 27.3. The Morgan fingerprint density at radius 2 is 1.87 bits per heavy atom. The molecule has 3 aliphatic heterocycles. The second-order valence-corrected chi connectivity index (χ2v) is 21.3. The molecule has 10 rings (SSSR count). The molecule has 75 heavy (non-hydrogen) atoms. The van der Waals surface area contributed by atoms with Crippen LogP contribution in [0.3, 0.4) is 0 Å². The zero-order chi connectivity index (χ0) is 51.7. The molecule has 4 fully saturated rings. The van der Waals surface area contributed by atoms with Crippen LogP contribution < -0.4 is 36.5 Å². The van der Waals surface area contributed by atoms with Gasteiger partial charge in [0.2, 0.25) is 5.75 Å². The molecule has 7 atom stereocenters. The van der Waals surface area contributed by atoms with Crippen LogP contribution in [0.25, 0.3) is 10.9 Å². The SMILES string of the molecule is CC(=O)OC1CC(CCc2ccc(O)c(OC3CCCC4(C3)NC(=NCCCC3=CCNC(N)=C3)NC(n3cc5cc[nH]c5c3)C4CNC3CCCCC3)c2)OC(c2cc(O)c(O)c(OCCc3cccnc3)c2)C1. The number of aromatic amines is 1. The van der Waals surface area contributed by atoms with Crippen molar-refractivity contribution in [3.8, 4) is 28.7 Å². The van der Waals surface area contributed by atoms with Crippen molar-refractivity contribution < 1.29 is 39.1 Å². The minimum atomic E-state index is -0.547. The minimum Gasteiger partial charge on any atom is -0.504 e. The highest BCUT2D eigenvalue weighted by atomic mass is 16.6. The van der Waals surface area contributed by atoms with Gasteiger partial charge in [0.15, 0.2) is 29.0 Å². The van der Waals surface area contributed by atoms with Gasteiger partial charge >= 0.3 is 5.97 Å². The van der Waals surface area contributed by atoms with Gasteiger partial charge in [-0.3, -0.25) is 14.8 Å². The zero-order valence-corrected chi connectivity index (χ0v) is 43.1. The first kappa shape index (κ1) is 51.6. The second-order valence-electron chi connectivity index (χ2n) is 21.3. The molecule has 17 heteroatoms. The number of nitrogens with zero attached hydrogens (tertiary/aromatic N) is 3. The summed E-state index contributed by atoms with van der Waals surface area (Å²) in [4.78, 5) is 25.1. The normalized spacial score (nSPS) is 25.7. The fourth-order valence-electron chi connectivity index (χ4n) is 12.1. The van der Waals surface area contributed by atoms with Crippen LogP contribution in [0.1, 0.15) is 126 Å². The summed E-state index contributed by atoms with van der Waals surface area (Å²) in [5.41, 5.74) is 10.6. The molecule has 5 aromatic rings. The Morgan fingerprint density at radius 1 is 0.973 bits per heavy atom. The van der Waals surface area contributed by atoms with Crippen LogP contribution in [0.2, 0.25) is 0 Å². The number of nitrogens with two attached hydrogens (primary N) is 1. The summed E-state index contributed by atoms with van der Waals surface area (Å²) in [5.74, 6) is 1.23. The number of aromatic nitrogens is 3. The summed E-state index contributed by atoms with van der Waals surface area (Å²) in [7, 11) is 0. The largest absolute Gasteiger partial charge is 0.504 e. The van der Waals surface area contributed by atoms with E-state index in [1.54, 1.807) is 24.5 Å². The number of rotatable bonds is 19. The van der Waals surface area contributed by atoms with Gasteiger partial charge in [0.1, 0.15) is 18.4 Å². The average Bonchev–Trinajstić information content (AvgIpc) is 4.03. The number of fused-ring (bicyclic) bond motifs is 1. The molecular weight excluding hydrogens is 951 g/mol. The number of phenols is 3. The maximum absolute atomic E-state index is 12.3. The molecule has 5 aliphatic rings. The van der Waals surface area contributed by atoms with Gasteiger partial charge in [-0.2, -0.15) is 0 Å². The number of phenolic OH excluding ortho intramolecular Hbond substituents is 3. The van der Waals surface area contributed by atoms with E-state index in [-0.39, 0.29) is 65.4 Å². The van der Waals surface area contributed by atoms with Gasteiger partial charge < -0.3 is 70.8 Å². The maximum atomic E-state index is 12.3. The van der Waals surface area contributed by atoms with E-state index >= 15 is 0 Å². The number of guanidine groups is 1. The van der Waals surface area contributed by atoms with Crippen molar-refractivity contribution in [2.75, 3.05) is 26.2 Å². The number of aryl methyl sites for hydroxylation is 1. The Hall–Kier alpha value is -6.85. The highest BCUT2D eigenvalue weighted by molar-refractivity contribution is 5.83. The van der Waals surface area contributed by atoms with E-state index in [1.165, 1.54) is 50.7 Å². The molecule has 17 nitrogen and oxygen atoms in total. The smallest absolute Gasteiger partial charge is 0.302 e. The van der Waals surface area contributed by atoms with Crippen LogP contribution in [-0.4, -0.2) is 97.9 Å². The van der Waals surface area contributed by atoms with E-state index in [1.807, 2.05) is 36.5 Å². The molecule has 6 heterocycles. The first-order chi connectivity index (χ1) is 36.5. The Balaban J connectivity index is 0.850. The third-order valence-electron chi connectivity index (χ3n) is 15.9. The summed E-state index contributed by atoms with van der Waals surface area (Å²) in [5, 5.41) is 49.3. The van der Waals surface area contributed by atoms with Crippen LogP contribution in [0.15, 0.2) is 108 Å². The Labute approximate surface area is 439 Å². The molecule has 3 aromatic heterocycles. The molecule has 10 N–H and O–H groups in total. The van der Waals surface area contributed by atoms with E-state index in [2.05, 4.69) is 60.3 Å². The number of ether oxygens (including phenoxy) is 4. The minimum absolute atomic E-state index is 0.0876. The predicted octanol–water partition coefficient (Wildman–Crippen LogP) is 8.34. The van der Waals surface area contributed by atoms with Gasteiger partial charge in [-0.05, 0) is 123 Å². The number of nitrogens with one attached hydrogen (secondary N) is 5. The monoisotopic (exact) mass is 1030 g/mol. The Bertz CT molecular complexity index is 2790. The number of esters is 1. The number of dihydropyridines is 1. The van der Waals surface area contributed by atoms with Crippen LogP contribution in [0.4, 0.5) is 0 Å². The van der Waals surface area contributed by atoms with E-state index in [9.17, 15) is 20.1 Å². The topological polar surface area (TPSA) is 235 Å². The molecular formula is C58H75N9O8. The van der Waals surface area contributed by atoms with Crippen molar-refractivity contribution in [3.05, 3.63) is 120 Å². The van der Waals surface area contributed by atoms with E-state index in [0.717, 1.165) is 73.2 Å². The molecule has 2 saturated carbocycles. The molecule has 0 amide bonds. The highest BCUT2D eigenvalue weighted by Gasteiger charge is 2.51. The Morgan fingerprint density at radius 3 is 2.69 bits per heavy atom. The zero-order valence-electron chi connectivity index (χ0n) is 43.1. The summed E-state index contributed by atoms with van der Waals surface area (Å²) in [6, 6.07) is 15.1. The molecule has 2 aromatic carbocycles. The molecule has 2 saturated heterocycles. The summed E-state index contributed by atoms with van der Waals surface area (Å²) >= 11 is 0. The third kappa shape index (κ3) is 13.0. The number of hydrogen-bond acceptors (Lipinski definition) is 13. The number of aliphatic imine (C=N–C) groups is 1. The highest BCUT2D eigenvalue weighted by Crippen LogP contribution is 2.45. The summed E-state index contributed by atoms with van der Waals surface area (Å²) < 4.78 is 27.7. The molecule has 2 aliphatic carbocycles. The number of hydrogen-bond donors (Lipinski definition) is 9. The van der Waals surface area contributed by atoms with Crippen LogP contribution >= 0.6 is 0 Å². The number of benzene rings is 2. The van der Waals surface area contributed by atoms with Gasteiger partial charge in [0.25, 0.3) is 0 Å². The molecule has 1 spiro atoms. The third-order valence-corrected chi connectivity index (χ3v) is 15.9. The van der Waals surface area contributed by atoms with Gasteiger partial charge in [-0.25, -0.2) is 0 Å². The van der Waals surface area contributed by atoms with Gasteiger partial charge in [-0.15, -0.1) is 0 Å². The van der Waals surface area contributed by atoms with Crippen molar-refractivity contribution in [1.29, 1.82) is 0 Å². The average molecular weight is 1030 g/mol. The van der Waals surface area contributed by atoms with Crippen molar-refractivity contribution >= 4 is 22.8 Å². The quantitative estimate of drug-likeness (QED) is 0.0215. The molecule has 7 unspecified atom stereocenters. The number of carbonyl (C=O) groups is 1. The second kappa shape index (κ2) is 23.8. The van der Waals surface area contributed by atoms with Gasteiger partial charge in [0.05, 0.1) is 35.7 Å². The Kier molecular flexibility index (Phi) is 16.4. The van der Waals surface area contributed by atoms with Crippen LogP contribution in [0.5, 0.6) is 28.7 Å². The lowest BCUT2D eigenvalue weighted by molar-refractivity contribution is -0.160. The summed E-state index contributed by atoms with van der Waals surface area (Å²) in [6.45, 7) is 3.87. The standard InChI is InChI=1S/C58H75N9O8/c1-37(68)73-46-30-44(74-51(31-46)42-28-50(70)55(71)53(29-42)72-25-19-40-9-6-21-60-33-40)15-13-39-14-16-49(69)52(26-39)75-45-12-5-20-58(32-45)47(34-64-43-10-3-2-4-11-43)56(67-35-41-18-24-61-48(41)36-67)65-57(66-58)63-22-7-8-38-17-23-62-54(59)27-38/h6,9,14,16-18,21,24,26-29,33,35-36,43-47,51,56,61-62,64,69-71H,2-5,7-8,10-13,15,19-20,22-23,25,30-32,34,59H2,1H3,(H2,63,65,66). The predicted molar refractivity (Wildman–Crippen MR) is 288 cm³/mol. The van der Waals surface area contributed by atoms with Gasteiger partial charge in [-0.1, -0.05) is 37.5 Å². The maximum Gasteiger partial charge on any atom is 0.302 e. The molecule has 0 bridgehead atoms. The summed E-state index contributed by atoms with van der Waals surface area (Å²) in [6.07, 6.45) is 26.5. The fraction of sp³-hybridized carbons (Fsp3) is 0.500. The lowest BCUT2D eigenvalue weighted by Gasteiger charge is -2.53. The van der Waals surface area contributed by atoms with E-state index < -0.39 is 12.2 Å². The van der Waals surface area contributed by atoms with Crippen LogP contribution in [-0.2, 0) is 27.1 Å². The van der Waals surface area contributed by atoms with E-state index in [0.29, 0.717) is 68.2 Å². The van der Waals surface area contributed by atoms with Crippen molar-refractivity contribution in [2.24, 2.45) is 16.6 Å². The number of allylic oxidation sites excluding steroid dienone is 2. The number of aromatic hydroxyl groups is 3. The number of H-pyrrole nitrogens is 1. The lowest BCUT2D eigenvalue weighted by atomic mass is 9.69. The molecule has 400 valence electrons. The number of pyridine rings is 1. The van der Waals surface area contributed by atoms with E-state index in [4.69, 9.17) is 29.7 Å². The van der Waals surface area contributed by atoms with Crippen molar-refractivity contribution in [1.82, 2.24) is 35.8 Å².